The van der Waals surface area contributed by atoms with E-state index in [1.165, 1.54) is 16.8 Å². The van der Waals surface area contributed by atoms with Gasteiger partial charge in [0.1, 0.15) is 6.07 Å². The largest absolute Gasteiger partial charge is 0.319 e. The van der Waals surface area contributed by atoms with Crippen LogP contribution in [0.25, 0.3) is 5.52 Å². The Kier molecular flexibility index (Phi) is 3.04. The van der Waals surface area contributed by atoms with Gasteiger partial charge in [-0.15, -0.1) is 0 Å². The van der Waals surface area contributed by atoms with E-state index in [2.05, 4.69) is 41.7 Å². The van der Waals surface area contributed by atoms with Crippen molar-refractivity contribution in [2.24, 2.45) is 0 Å². The molecule has 2 nitrogen and oxygen atoms in total. The van der Waals surface area contributed by atoms with E-state index < -0.39 is 0 Å². The maximum atomic E-state index is 9.39. The number of rotatable bonds is 2. The van der Waals surface area contributed by atoms with Gasteiger partial charge in [0.2, 0.25) is 0 Å². The molecule has 2 heteroatoms. The third-order valence-electron chi connectivity index (χ3n) is 3.95. The minimum atomic E-state index is 0.786. The second-order valence-corrected chi connectivity index (χ2v) is 5.12. The van der Waals surface area contributed by atoms with E-state index >= 15 is 0 Å². The highest BCUT2D eigenvalue weighted by molar-refractivity contribution is 5.67. The van der Waals surface area contributed by atoms with E-state index in [0.717, 1.165) is 23.1 Å². The van der Waals surface area contributed by atoms with Crippen LogP contribution < -0.4 is 0 Å². The van der Waals surface area contributed by atoms with Crippen LogP contribution in [-0.4, -0.2) is 4.40 Å². The summed E-state index contributed by atoms with van der Waals surface area (Å²) in [6.45, 7) is 4.17. The molecule has 0 spiro atoms. The number of pyridine rings is 1. The van der Waals surface area contributed by atoms with Gasteiger partial charge in [0.15, 0.2) is 0 Å². The van der Waals surface area contributed by atoms with Crippen LogP contribution in [0, 0.1) is 25.2 Å². The second kappa shape index (κ2) is 4.86. The van der Waals surface area contributed by atoms with Crippen molar-refractivity contribution in [1.29, 1.82) is 5.26 Å². The van der Waals surface area contributed by atoms with E-state index in [0.29, 0.717) is 0 Å². The van der Waals surface area contributed by atoms with Gasteiger partial charge >= 0.3 is 0 Å². The van der Waals surface area contributed by atoms with Crippen molar-refractivity contribution < 1.29 is 0 Å². The van der Waals surface area contributed by atoms with Crippen molar-refractivity contribution in [3.63, 3.8) is 0 Å². The van der Waals surface area contributed by atoms with Gasteiger partial charge in [-0.3, -0.25) is 0 Å². The number of nitriles is 1. The fourth-order valence-corrected chi connectivity index (χ4v) is 2.75. The molecule has 0 aliphatic heterocycles. The van der Waals surface area contributed by atoms with Crippen LogP contribution in [-0.2, 0) is 6.42 Å². The molecule has 0 N–H and O–H groups in total. The molecule has 20 heavy (non-hydrogen) atoms. The molecule has 2 aromatic heterocycles. The second-order valence-electron chi connectivity index (χ2n) is 5.12. The molecule has 1 aromatic carbocycles. The van der Waals surface area contributed by atoms with Crippen LogP contribution in [0.5, 0.6) is 0 Å². The lowest BCUT2D eigenvalue weighted by Gasteiger charge is -2.07. The predicted octanol–water partition coefficient (Wildman–Crippen LogP) is 4.02. The van der Waals surface area contributed by atoms with Gasteiger partial charge in [0.25, 0.3) is 0 Å². The Morgan fingerprint density at radius 2 is 1.80 bits per heavy atom. The van der Waals surface area contributed by atoms with Crippen LogP contribution in [0.2, 0.25) is 0 Å². The monoisotopic (exact) mass is 260 g/mol. The van der Waals surface area contributed by atoms with Crippen molar-refractivity contribution in [3.05, 3.63) is 76.6 Å². The van der Waals surface area contributed by atoms with Crippen LogP contribution in [0.15, 0.2) is 48.7 Å². The fraction of sp³-hybridized carbons (Fsp3) is 0.167. The molecule has 0 aliphatic rings. The average Bonchev–Trinajstić information content (AvgIpc) is 2.74. The summed E-state index contributed by atoms with van der Waals surface area (Å²) in [7, 11) is 0. The SMILES string of the molecule is Cc1ccccc1Cc1c(C)c(C#N)c2ccccn12. The molecule has 2 heterocycles. The quantitative estimate of drug-likeness (QED) is 0.684. The van der Waals surface area contributed by atoms with Crippen LogP contribution in [0.4, 0.5) is 0 Å². The molecular formula is C18H16N2. The summed E-state index contributed by atoms with van der Waals surface area (Å²) in [4.78, 5) is 0. The third kappa shape index (κ3) is 1.88. The number of aryl methyl sites for hydroxylation is 1. The Balaban J connectivity index is 2.20. The van der Waals surface area contributed by atoms with Crippen LogP contribution in [0.1, 0.15) is 27.9 Å². The topological polar surface area (TPSA) is 28.2 Å². The smallest absolute Gasteiger partial charge is 0.102 e. The summed E-state index contributed by atoms with van der Waals surface area (Å²) in [5.41, 5.74) is 6.67. The highest BCUT2D eigenvalue weighted by Crippen LogP contribution is 2.25. The molecule has 0 saturated heterocycles. The first-order chi connectivity index (χ1) is 9.72. The Morgan fingerprint density at radius 3 is 2.55 bits per heavy atom. The first kappa shape index (κ1) is 12.5. The highest BCUT2D eigenvalue weighted by Gasteiger charge is 2.14. The molecule has 0 aliphatic carbocycles. The van der Waals surface area contributed by atoms with Gasteiger partial charge in [-0.1, -0.05) is 30.3 Å². The molecule has 0 fully saturated rings. The molecule has 0 bridgehead atoms. The van der Waals surface area contributed by atoms with Crippen molar-refractivity contribution in [3.8, 4) is 6.07 Å². The predicted molar refractivity (Wildman–Crippen MR) is 80.8 cm³/mol. The zero-order valence-corrected chi connectivity index (χ0v) is 11.7. The Morgan fingerprint density at radius 1 is 1.05 bits per heavy atom. The summed E-state index contributed by atoms with van der Waals surface area (Å²) < 4.78 is 2.14. The summed E-state index contributed by atoms with van der Waals surface area (Å²) in [5, 5.41) is 9.39. The molecule has 0 atom stereocenters. The summed E-state index contributed by atoms with van der Waals surface area (Å²) in [6.07, 6.45) is 2.89. The Labute approximate surface area is 118 Å². The molecule has 98 valence electrons. The zero-order valence-electron chi connectivity index (χ0n) is 11.7. The van der Waals surface area contributed by atoms with Gasteiger partial charge in [-0.2, -0.15) is 5.26 Å². The van der Waals surface area contributed by atoms with E-state index in [9.17, 15) is 5.26 Å². The minimum absolute atomic E-state index is 0.786. The van der Waals surface area contributed by atoms with Crippen molar-refractivity contribution in [2.45, 2.75) is 20.3 Å². The molecule has 0 unspecified atom stereocenters. The van der Waals surface area contributed by atoms with E-state index in [1.807, 2.05) is 31.3 Å². The fourth-order valence-electron chi connectivity index (χ4n) is 2.75. The first-order valence-electron chi connectivity index (χ1n) is 6.75. The van der Waals surface area contributed by atoms with E-state index in [4.69, 9.17) is 0 Å². The summed E-state index contributed by atoms with van der Waals surface area (Å²) >= 11 is 0. The standard InChI is InChI=1S/C18H16N2/c1-13-7-3-4-8-15(13)11-18-14(2)16(12-19)17-9-5-6-10-20(17)18/h3-10H,11H2,1-2H3. The van der Waals surface area contributed by atoms with Crippen LogP contribution >= 0.6 is 0 Å². The number of nitrogens with zero attached hydrogens (tertiary/aromatic N) is 2. The Bertz CT molecular complexity index is 819. The maximum Gasteiger partial charge on any atom is 0.102 e. The lowest BCUT2D eigenvalue weighted by Crippen LogP contribution is -1.97. The normalized spacial score (nSPS) is 10.7. The number of hydrogen-bond donors (Lipinski definition) is 0. The molecule has 0 amide bonds. The summed E-state index contributed by atoms with van der Waals surface area (Å²) in [5.74, 6) is 0. The van der Waals surface area contributed by atoms with Crippen molar-refractivity contribution >= 4 is 5.52 Å². The number of aromatic nitrogens is 1. The molecular weight excluding hydrogens is 244 g/mol. The Hall–Kier alpha value is -2.53. The summed E-state index contributed by atoms with van der Waals surface area (Å²) in [6, 6.07) is 16.7. The van der Waals surface area contributed by atoms with Crippen LogP contribution in [0.3, 0.4) is 0 Å². The highest BCUT2D eigenvalue weighted by atomic mass is 14.9. The number of fused-ring (bicyclic) bond motifs is 1. The average molecular weight is 260 g/mol. The lowest BCUT2D eigenvalue weighted by atomic mass is 10.0. The first-order valence-corrected chi connectivity index (χ1v) is 6.75. The zero-order chi connectivity index (χ0) is 14.1. The van der Waals surface area contributed by atoms with E-state index in [1.54, 1.807) is 0 Å². The minimum Gasteiger partial charge on any atom is -0.319 e. The van der Waals surface area contributed by atoms with Crippen molar-refractivity contribution in [1.82, 2.24) is 4.40 Å². The molecule has 0 radical (unpaired) electrons. The molecule has 3 aromatic rings. The number of hydrogen-bond acceptors (Lipinski definition) is 1. The van der Waals surface area contributed by atoms with Gasteiger partial charge in [-0.05, 0) is 42.7 Å². The number of benzene rings is 1. The van der Waals surface area contributed by atoms with E-state index in [-0.39, 0.29) is 0 Å². The van der Waals surface area contributed by atoms with Gasteiger partial charge in [0.05, 0.1) is 11.1 Å². The molecule has 0 saturated carbocycles. The third-order valence-corrected chi connectivity index (χ3v) is 3.95. The van der Waals surface area contributed by atoms with Gasteiger partial charge in [-0.25, -0.2) is 0 Å². The molecule has 3 rings (SSSR count). The van der Waals surface area contributed by atoms with Crippen molar-refractivity contribution in [2.75, 3.05) is 0 Å². The van der Waals surface area contributed by atoms with Gasteiger partial charge < -0.3 is 4.40 Å². The maximum absolute atomic E-state index is 9.39. The lowest BCUT2D eigenvalue weighted by molar-refractivity contribution is 1.00. The van der Waals surface area contributed by atoms with Gasteiger partial charge in [0, 0.05) is 18.3 Å².